The molecular formula is C27H30FN7O3. The van der Waals surface area contributed by atoms with E-state index in [0.717, 1.165) is 16.5 Å². The van der Waals surface area contributed by atoms with E-state index in [1.54, 1.807) is 28.8 Å². The molecule has 0 aliphatic carbocycles. The molecule has 11 heteroatoms. The van der Waals surface area contributed by atoms with Crippen molar-refractivity contribution in [2.45, 2.75) is 53.2 Å². The van der Waals surface area contributed by atoms with Crippen LogP contribution in [0.1, 0.15) is 55.7 Å². The molecule has 0 spiro atoms. The number of anilines is 1. The lowest BCUT2D eigenvalue weighted by Crippen LogP contribution is -2.39. The quantitative estimate of drug-likeness (QED) is 0.414. The lowest BCUT2D eigenvalue weighted by atomic mass is 9.95. The van der Waals surface area contributed by atoms with Gasteiger partial charge >= 0.3 is 6.09 Å². The Bertz CT molecular complexity index is 1600. The van der Waals surface area contributed by atoms with Crippen molar-refractivity contribution >= 4 is 39.9 Å². The Morgan fingerprint density at radius 2 is 1.95 bits per heavy atom. The fourth-order valence-corrected chi connectivity index (χ4v) is 4.51. The van der Waals surface area contributed by atoms with Gasteiger partial charge in [0.1, 0.15) is 11.1 Å². The van der Waals surface area contributed by atoms with Gasteiger partial charge in [-0.3, -0.25) is 13.9 Å². The molecule has 4 heterocycles. The number of aryl methyl sites for hydroxylation is 2. The number of hydrogen-bond donors (Lipinski definition) is 1. The van der Waals surface area contributed by atoms with Gasteiger partial charge in [0.2, 0.25) is 0 Å². The molecule has 3 aromatic heterocycles. The Balaban J connectivity index is 1.43. The maximum atomic E-state index is 14.4. The van der Waals surface area contributed by atoms with E-state index in [-0.39, 0.29) is 17.6 Å². The number of carbonyl (C=O) groups excluding carboxylic acids is 2. The molecule has 0 saturated carbocycles. The monoisotopic (exact) mass is 519 g/mol. The van der Waals surface area contributed by atoms with Gasteiger partial charge in [-0.2, -0.15) is 14.5 Å². The fourth-order valence-electron chi connectivity index (χ4n) is 4.51. The molecule has 0 unspecified atom stereocenters. The second-order valence-corrected chi connectivity index (χ2v) is 10.3. The summed E-state index contributed by atoms with van der Waals surface area (Å²) >= 11 is 0. The maximum absolute atomic E-state index is 14.4. The minimum Gasteiger partial charge on any atom is -0.444 e. The van der Waals surface area contributed by atoms with Crippen molar-refractivity contribution in [1.82, 2.24) is 29.0 Å². The molecule has 0 saturated heterocycles. The third-order valence-electron chi connectivity index (χ3n) is 6.26. The lowest BCUT2D eigenvalue weighted by Gasteiger charge is -2.29. The van der Waals surface area contributed by atoms with E-state index in [4.69, 9.17) is 4.74 Å². The van der Waals surface area contributed by atoms with Crippen LogP contribution in [0, 0.1) is 12.9 Å². The van der Waals surface area contributed by atoms with Gasteiger partial charge in [-0.05, 0) is 58.2 Å². The second kappa shape index (κ2) is 9.55. The number of benzene rings is 1. The number of fused-ring (bicyclic) bond motifs is 2. The van der Waals surface area contributed by atoms with Crippen LogP contribution in [0.5, 0.6) is 0 Å². The number of rotatable bonds is 4. The minimum absolute atomic E-state index is 0.0711. The molecule has 0 bridgehead atoms. The Labute approximate surface area is 219 Å². The fraction of sp³-hybridized carbons (Fsp3) is 0.370. The van der Waals surface area contributed by atoms with E-state index in [9.17, 15) is 14.0 Å². The Morgan fingerprint density at radius 3 is 2.63 bits per heavy atom. The normalized spacial score (nSPS) is 14.2. The van der Waals surface area contributed by atoms with Gasteiger partial charge in [-0.1, -0.05) is 12.1 Å². The first-order valence-corrected chi connectivity index (χ1v) is 12.5. The number of nitrogens with one attached hydrogen (secondary N) is 1. The van der Waals surface area contributed by atoms with Crippen molar-refractivity contribution in [3.63, 3.8) is 0 Å². The highest BCUT2D eigenvalue weighted by Gasteiger charge is 2.25. The summed E-state index contributed by atoms with van der Waals surface area (Å²) in [6.07, 6.45) is 7.42. The van der Waals surface area contributed by atoms with Crippen molar-refractivity contribution in [2.75, 3.05) is 18.4 Å². The van der Waals surface area contributed by atoms with Crippen LogP contribution < -0.4 is 5.32 Å². The maximum Gasteiger partial charge on any atom is 0.410 e. The number of nitrogens with zero attached hydrogens (tertiary/aromatic N) is 6. The van der Waals surface area contributed by atoms with Gasteiger partial charge in [0.25, 0.3) is 11.9 Å². The standard InChI is InChI=1S/C27H30FN7O3/c1-6-35-14-20-18(17-9-11-33(12-10-17)26(37)38-27(3,4)5)7-8-19(22(20)32-35)25(36)31-21-15-34-13-16(2)29-24(34)23(28)30-21/h7-9,13-15H,6,10-12H2,1-5H3,(H,31,36). The summed E-state index contributed by atoms with van der Waals surface area (Å²) in [7, 11) is 0. The SMILES string of the molecule is CCn1cc2c(C3=CCN(C(=O)OC(C)(C)C)CC3)ccc(C(=O)Nc3cn4cc(C)nc4c(F)n3)c2n1. The molecular weight excluding hydrogens is 489 g/mol. The van der Waals surface area contributed by atoms with Crippen LogP contribution in [-0.2, 0) is 11.3 Å². The molecule has 1 aliphatic rings. The van der Waals surface area contributed by atoms with Crippen LogP contribution in [0.3, 0.4) is 0 Å². The zero-order valence-electron chi connectivity index (χ0n) is 22.1. The van der Waals surface area contributed by atoms with Crippen LogP contribution in [0.15, 0.2) is 36.8 Å². The summed E-state index contributed by atoms with van der Waals surface area (Å²) in [5.41, 5.74) is 3.11. The van der Waals surface area contributed by atoms with E-state index in [0.29, 0.717) is 42.8 Å². The Kier molecular flexibility index (Phi) is 6.38. The van der Waals surface area contributed by atoms with Gasteiger partial charge in [-0.25, -0.2) is 9.78 Å². The Morgan fingerprint density at radius 1 is 1.16 bits per heavy atom. The summed E-state index contributed by atoms with van der Waals surface area (Å²) in [4.78, 5) is 35.4. The molecule has 0 radical (unpaired) electrons. The van der Waals surface area contributed by atoms with Crippen molar-refractivity contribution in [3.05, 3.63) is 59.6 Å². The van der Waals surface area contributed by atoms with Crippen molar-refractivity contribution in [2.24, 2.45) is 0 Å². The zero-order chi connectivity index (χ0) is 27.2. The highest BCUT2D eigenvalue weighted by atomic mass is 19.1. The zero-order valence-corrected chi connectivity index (χ0v) is 22.1. The van der Waals surface area contributed by atoms with E-state index in [1.807, 2.05) is 46.0 Å². The van der Waals surface area contributed by atoms with E-state index in [1.165, 1.54) is 10.6 Å². The van der Waals surface area contributed by atoms with Gasteiger partial charge < -0.3 is 15.0 Å². The van der Waals surface area contributed by atoms with E-state index >= 15 is 0 Å². The average Bonchev–Trinajstić information content (AvgIpc) is 3.46. The average molecular weight is 520 g/mol. The number of amides is 2. The van der Waals surface area contributed by atoms with Crippen molar-refractivity contribution in [1.29, 1.82) is 0 Å². The van der Waals surface area contributed by atoms with Gasteiger partial charge in [0, 0.05) is 37.4 Å². The second-order valence-electron chi connectivity index (χ2n) is 10.3. The van der Waals surface area contributed by atoms with E-state index < -0.39 is 17.5 Å². The van der Waals surface area contributed by atoms with Gasteiger partial charge in [0.05, 0.1) is 17.5 Å². The van der Waals surface area contributed by atoms with Crippen LogP contribution in [0.25, 0.3) is 22.1 Å². The predicted octanol–water partition coefficient (Wildman–Crippen LogP) is 4.82. The smallest absolute Gasteiger partial charge is 0.410 e. The first kappa shape index (κ1) is 25.4. The van der Waals surface area contributed by atoms with Crippen LogP contribution in [-0.4, -0.2) is 59.7 Å². The number of hydrogen-bond acceptors (Lipinski definition) is 6. The molecule has 38 heavy (non-hydrogen) atoms. The van der Waals surface area contributed by atoms with E-state index in [2.05, 4.69) is 20.4 Å². The van der Waals surface area contributed by atoms with Gasteiger partial charge in [-0.15, -0.1) is 0 Å². The largest absolute Gasteiger partial charge is 0.444 e. The number of ether oxygens (including phenoxy) is 1. The number of aromatic nitrogens is 5. The molecule has 2 amide bonds. The third kappa shape index (κ3) is 4.96. The summed E-state index contributed by atoms with van der Waals surface area (Å²) < 4.78 is 23.2. The highest BCUT2D eigenvalue weighted by molar-refractivity contribution is 6.13. The molecule has 0 atom stereocenters. The molecule has 1 aliphatic heterocycles. The topological polar surface area (TPSA) is 107 Å². The summed E-state index contributed by atoms with van der Waals surface area (Å²) in [5.74, 6) is -1.14. The molecule has 5 rings (SSSR count). The van der Waals surface area contributed by atoms with Crippen molar-refractivity contribution in [3.8, 4) is 0 Å². The molecule has 10 nitrogen and oxygen atoms in total. The first-order chi connectivity index (χ1) is 18.0. The summed E-state index contributed by atoms with van der Waals surface area (Å²) in [6.45, 7) is 10.9. The van der Waals surface area contributed by atoms with Crippen LogP contribution in [0.2, 0.25) is 0 Å². The molecule has 0 fully saturated rings. The Hall–Kier alpha value is -4.28. The summed E-state index contributed by atoms with van der Waals surface area (Å²) in [5, 5.41) is 8.16. The predicted molar refractivity (Wildman–Crippen MR) is 141 cm³/mol. The lowest BCUT2D eigenvalue weighted by molar-refractivity contribution is 0.0270. The van der Waals surface area contributed by atoms with Crippen LogP contribution >= 0.6 is 0 Å². The number of carbonyl (C=O) groups is 2. The van der Waals surface area contributed by atoms with Crippen molar-refractivity contribution < 1.29 is 18.7 Å². The highest BCUT2D eigenvalue weighted by Crippen LogP contribution is 2.31. The van der Waals surface area contributed by atoms with Gasteiger partial charge in [0.15, 0.2) is 11.5 Å². The molecule has 198 valence electrons. The number of halogens is 1. The molecule has 1 aromatic carbocycles. The first-order valence-electron chi connectivity index (χ1n) is 12.5. The molecule has 1 N–H and O–H groups in total. The third-order valence-corrected chi connectivity index (χ3v) is 6.26. The molecule has 4 aromatic rings. The minimum atomic E-state index is -0.767. The van der Waals surface area contributed by atoms with Crippen LogP contribution in [0.4, 0.5) is 15.0 Å². The number of imidazole rings is 1. The summed E-state index contributed by atoms with van der Waals surface area (Å²) in [6, 6.07) is 3.61.